The summed E-state index contributed by atoms with van der Waals surface area (Å²) in [6, 6.07) is 0. The van der Waals surface area contributed by atoms with E-state index in [0.717, 1.165) is 32.1 Å². The molecule has 0 heterocycles. The predicted octanol–water partition coefficient (Wildman–Crippen LogP) is 4.67. The normalized spacial score (nSPS) is 26.2. The number of carbonyl (C=O) groups excluding carboxylic acids is 1. The second kappa shape index (κ2) is 8.60. The molecular formula is C17H24F6O5S. The average molecular weight is 454 g/mol. The molecule has 5 nitrogen and oxygen atoms in total. The summed E-state index contributed by atoms with van der Waals surface area (Å²) in [4.78, 5) is 11.8. The van der Waals surface area contributed by atoms with Crippen molar-refractivity contribution < 1.29 is 48.8 Å². The van der Waals surface area contributed by atoms with Gasteiger partial charge in [-0.2, -0.15) is 34.8 Å². The molecule has 0 amide bonds. The van der Waals surface area contributed by atoms with Crippen LogP contribution in [0.1, 0.15) is 57.8 Å². The van der Waals surface area contributed by atoms with Gasteiger partial charge < -0.3 is 4.74 Å². The number of fused-ring (bicyclic) bond motifs is 2. The molecule has 170 valence electrons. The number of ether oxygens (including phenoxy) is 1. The zero-order chi connectivity index (χ0) is 22.1. The fraction of sp³-hybridized carbons (Fsp3) is 0.941. The Hall–Kier alpha value is -1.04. The average Bonchev–Trinajstić information content (AvgIpc) is 2.50. The first-order chi connectivity index (χ1) is 13.1. The number of alkyl halides is 6. The Labute approximate surface area is 164 Å². The van der Waals surface area contributed by atoms with E-state index in [0.29, 0.717) is 18.3 Å². The van der Waals surface area contributed by atoms with Crippen molar-refractivity contribution in [2.24, 2.45) is 17.8 Å². The molecule has 0 aliphatic heterocycles. The minimum absolute atomic E-state index is 0.0423. The SMILES string of the molecule is O=C(CCCC1CC2CCCC(C1)C2)OC(CS(=O)(=O)O)(C(F)(F)F)C(F)(F)F. The number of hydrogen-bond acceptors (Lipinski definition) is 4. The van der Waals surface area contributed by atoms with E-state index in [9.17, 15) is 39.6 Å². The zero-order valence-corrected chi connectivity index (χ0v) is 16.4. The van der Waals surface area contributed by atoms with Gasteiger partial charge in [-0.3, -0.25) is 9.35 Å². The molecule has 2 saturated carbocycles. The van der Waals surface area contributed by atoms with Gasteiger partial charge in [0.15, 0.2) is 0 Å². The maximum Gasteiger partial charge on any atom is 0.438 e. The molecular weight excluding hydrogens is 430 g/mol. The number of halogens is 6. The van der Waals surface area contributed by atoms with E-state index in [-0.39, 0.29) is 12.3 Å². The zero-order valence-electron chi connectivity index (χ0n) is 15.6. The quantitative estimate of drug-likeness (QED) is 0.344. The fourth-order valence-electron chi connectivity index (χ4n) is 4.61. The first-order valence-electron chi connectivity index (χ1n) is 9.43. The molecule has 0 spiro atoms. The lowest BCUT2D eigenvalue weighted by atomic mass is 9.67. The van der Waals surface area contributed by atoms with Gasteiger partial charge in [-0.1, -0.05) is 19.3 Å². The fourth-order valence-corrected chi connectivity index (χ4v) is 5.51. The van der Waals surface area contributed by atoms with E-state index < -0.39 is 46.2 Å². The summed E-state index contributed by atoms with van der Waals surface area (Å²) in [5, 5.41) is 0. The van der Waals surface area contributed by atoms with Crippen LogP contribution in [0.25, 0.3) is 0 Å². The lowest BCUT2D eigenvalue weighted by Crippen LogP contribution is -2.63. The van der Waals surface area contributed by atoms with Crippen molar-refractivity contribution in [2.45, 2.75) is 75.7 Å². The van der Waals surface area contributed by atoms with Gasteiger partial charge in [0.25, 0.3) is 10.1 Å². The summed E-state index contributed by atoms with van der Waals surface area (Å²) in [5.41, 5.74) is -5.31. The van der Waals surface area contributed by atoms with Crippen LogP contribution in [0.4, 0.5) is 26.3 Å². The van der Waals surface area contributed by atoms with E-state index in [1.807, 2.05) is 0 Å². The van der Waals surface area contributed by atoms with Gasteiger partial charge in [-0.25, -0.2) is 0 Å². The van der Waals surface area contributed by atoms with E-state index in [1.54, 1.807) is 0 Å². The molecule has 1 N–H and O–H groups in total. The molecule has 2 aliphatic rings. The Balaban J connectivity index is 2.00. The largest absolute Gasteiger partial charge is 0.438 e. The summed E-state index contributed by atoms with van der Waals surface area (Å²) >= 11 is 0. The summed E-state index contributed by atoms with van der Waals surface area (Å²) in [5.74, 6) is -3.22. The maximum atomic E-state index is 13.1. The van der Waals surface area contributed by atoms with Crippen LogP contribution in [0.2, 0.25) is 0 Å². The molecule has 0 aromatic heterocycles. The van der Waals surface area contributed by atoms with Crippen LogP contribution < -0.4 is 0 Å². The van der Waals surface area contributed by atoms with Crippen LogP contribution in [0.3, 0.4) is 0 Å². The molecule has 0 radical (unpaired) electrons. The highest BCUT2D eigenvalue weighted by molar-refractivity contribution is 7.85. The van der Waals surface area contributed by atoms with Crippen molar-refractivity contribution in [3.63, 3.8) is 0 Å². The first-order valence-corrected chi connectivity index (χ1v) is 11.0. The van der Waals surface area contributed by atoms with Crippen molar-refractivity contribution in [3.8, 4) is 0 Å². The Morgan fingerprint density at radius 1 is 0.966 bits per heavy atom. The second-order valence-electron chi connectivity index (χ2n) is 8.15. The summed E-state index contributed by atoms with van der Waals surface area (Å²) < 4.78 is 113. The number of carbonyl (C=O) groups is 1. The van der Waals surface area contributed by atoms with Crippen LogP contribution in [0.5, 0.6) is 0 Å². The Kier molecular flexibility index (Phi) is 7.19. The van der Waals surface area contributed by atoms with Gasteiger partial charge in [-0.15, -0.1) is 0 Å². The predicted molar refractivity (Wildman–Crippen MR) is 89.4 cm³/mol. The number of hydrogen-bond donors (Lipinski definition) is 1. The Bertz CT molecular complexity index is 661. The highest BCUT2D eigenvalue weighted by atomic mass is 32.2. The van der Waals surface area contributed by atoms with Gasteiger partial charge >= 0.3 is 23.9 Å². The second-order valence-corrected chi connectivity index (χ2v) is 9.60. The topological polar surface area (TPSA) is 80.7 Å². The highest BCUT2D eigenvalue weighted by Crippen LogP contribution is 2.47. The molecule has 29 heavy (non-hydrogen) atoms. The van der Waals surface area contributed by atoms with Crippen molar-refractivity contribution in [1.82, 2.24) is 0 Å². The van der Waals surface area contributed by atoms with Crippen LogP contribution in [0.15, 0.2) is 0 Å². The van der Waals surface area contributed by atoms with Gasteiger partial charge in [0.2, 0.25) is 0 Å². The smallest absolute Gasteiger partial charge is 0.438 e. The minimum Gasteiger partial charge on any atom is -0.438 e. The van der Waals surface area contributed by atoms with Gasteiger partial charge in [0, 0.05) is 6.42 Å². The summed E-state index contributed by atoms with van der Waals surface area (Å²) in [7, 11) is -5.76. The van der Waals surface area contributed by atoms with E-state index in [2.05, 4.69) is 4.74 Å². The first kappa shape index (κ1) is 24.2. The van der Waals surface area contributed by atoms with Gasteiger partial charge in [0.05, 0.1) is 0 Å². The van der Waals surface area contributed by atoms with Crippen LogP contribution in [0, 0.1) is 17.8 Å². The molecule has 2 bridgehead atoms. The lowest BCUT2D eigenvalue weighted by Gasteiger charge is -2.39. The molecule has 0 saturated heterocycles. The number of esters is 1. The lowest BCUT2D eigenvalue weighted by molar-refractivity contribution is -0.361. The minimum atomic E-state index is -6.28. The molecule has 2 unspecified atom stereocenters. The standard InChI is InChI=1S/C17H24F6O5S/c18-16(19,20)15(17(21,22)23,10-29(25,26)27)28-14(24)6-2-5-13-8-11-3-1-4-12(7-11)9-13/h11-13H,1-10H2,(H,25,26,27). The van der Waals surface area contributed by atoms with Crippen LogP contribution in [-0.4, -0.2) is 42.6 Å². The van der Waals surface area contributed by atoms with Crippen molar-refractivity contribution in [2.75, 3.05) is 5.75 Å². The monoisotopic (exact) mass is 454 g/mol. The van der Waals surface area contributed by atoms with Crippen LogP contribution >= 0.6 is 0 Å². The highest BCUT2D eigenvalue weighted by Gasteiger charge is 2.75. The third-order valence-corrected chi connectivity index (χ3v) is 6.58. The Morgan fingerprint density at radius 3 is 1.93 bits per heavy atom. The molecule has 12 heteroatoms. The molecule has 2 aliphatic carbocycles. The maximum absolute atomic E-state index is 13.1. The summed E-state index contributed by atoms with van der Waals surface area (Å²) in [6.45, 7) is 0. The Morgan fingerprint density at radius 2 is 1.48 bits per heavy atom. The van der Waals surface area contributed by atoms with Crippen LogP contribution in [-0.2, 0) is 19.6 Å². The summed E-state index contributed by atoms with van der Waals surface area (Å²) in [6.07, 6.45) is -6.33. The van der Waals surface area contributed by atoms with E-state index >= 15 is 0 Å². The molecule has 2 fully saturated rings. The third-order valence-electron chi connectivity index (χ3n) is 5.81. The van der Waals surface area contributed by atoms with E-state index in [1.165, 1.54) is 6.42 Å². The van der Waals surface area contributed by atoms with Crippen molar-refractivity contribution >= 4 is 16.1 Å². The molecule has 0 aromatic carbocycles. The molecule has 2 atom stereocenters. The van der Waals surface area contributed by atoms with Gasteiger partial charge in [0.1, 0.15) is 5.75 Å². The van der Waals surface area contributed by atoms with Gasteiger partial charge in [-0.05, 0) is 49.9 Å². The number of rotatable bonds is 7. The third kappa shape index (κ3) is 6.22. The molecule has 2 rings (SSSR count). The van der Waals surface area contributed by atoms with E-state index in [4.69, 9.17) is 4.55 Å². The van der Waals surface area contributed by atoms with Crippen molar-refractivity contribution in [3.05, 3.63) is 0 Å². The molecule has 0 aromatic rings. The van der Waals surface area contributed by atoms with Crippen molar-refractivity contribution in [1.29, 1.82) is 0 Å².